The summed E-state index contributed by atoms with van der Waals surface area (Å²) >= 11 is 0. The number of nitrogens with one attached hydrogen (secondary N) is 2. The van der Waals surface area contributed by atoms with E-state index in [1.165, 1.54) is 6.92 Å². The van der Waals surface area contributed by atoms with E-state index in [0.717, 1.165) is 5.56 Å². The van der Waals surface area contributed by atoms with Gasteiger partial charge in [-0.15, -0.1) is 0 Å². The van der Waals surface area contributed by atoms with Crippen LogP contribution in [0.3, 0.4) is 0 Å². The molecule has 7 heteroatoms. The number of carbonyl (C=O) groups is 3. The molecule has 0 radical (unpaired) electrons. The number of nitrogens with zero attached hydrogens (tertiary/aromatic N) is 2. The van der Waals surface area contributed by atoms with E-state index in [2.05, 4.69) is 20.6 Å². The highest BCUT2D eigenvalue weighted by atomic mass is 16.2. The van der Waals surface area contributed by atoms with Crippen molar-refractivity contribution < 1.29 is 14.4 Å². The monoisotopic (exact) mass is 424 g/mol. The maximum Gasteiger partial charge on any atom is 0.255 e. The third-order valence-corrected chi connectivity index (χ3v) is 5.01. The number of benzene rings is 3. The second kappa shape index (κ2) is 8.77. The van der Waals surface area contributed by atoms with Gasteiger partial charge in [-0.3, -0.25) is 24.4 Å². The van der Waals surface area contributed by atoms with Gasteiger partial charge in [0.25, 0.3) is 11.8 Å². The van der Waals surface area contributed by atoms with Crippen LogP contribution in [-0.2, 0) is 0 Å². The zero-order valence-corrected chi connectivity index (χ0v) is 17.5. The van der Waals surface area contributed by atoms with Crippen molar-refractivity contribution in [3.8, 4) is 0 Å². The molecule has 0 aliphatic rings. The Morgan fingerprint density at radius 3 is 2.19 bits per heavy atom. The molecule has 0 spiro atoms. The Morgan fingerprint density at radius 1 is 0.719 bits per heavy atom. The van der Waals surface area contributed by atoms with Gasteiger partial charge in [0.15, 0.2) is 5.78 Å². The molecule has 0 aliphatic heterocycles. The molecule has 4 rings (SSSR count). The molecule has 0 saturated carbocycles. The molecule has 0 aliphatic carbocycles. The smallest absolute Gasteiger partial charge is 0.255 e. The fourth-order valence-electron chi connectivity index (χ4n) is 3.22. The maximum absolute atomic E-state index is 12.8. The Morgan fingerprint density at radius 2 is 1.41 bits per heavy atom. The van der Waals surface area contributed by atoms with Gasteiger partial charge in [-0.05, 0) is 61.9 Å². The summed E-state index contributed by atoms with van der Waals surface area (Å²) in [4.78, 5) is 45.4. The molecule has 32 heavy (non-hydrogen) atoms. The van der Waals surface area contributed by atoms with Crippen LogP contribution in [0.25, 0.3) is 11.0 Å². The van der Waals surface area contributed by atoms with Crippen molar-refractivity contribution in [3.05, 3.63) is 95.3 Å². The third kappa shape index (κ3) is 4.52. The van der Waals surface area contributed by atoms with E-state index in [-0.39, 0.29) is 17.6 Å². The number of carbonyl (C=O) groups excluding carboxylic acids is 3. The fourth-order valence-corrected chi connectivity index (χ4v) is 3.22. The minimum absolute atomic E-state index is 0.111. The molecule has 2 amide bonds. The minimum atomic E-state index is -0.345. The lowest BCUT2D eigenvalue weighted by Gasteiger charge is -2.12. The first kappa shape index (κ1) is 20.9. The number of aromatic nitrogens is 2. The minimum Gasteiger partial charge on any atom is -0.322 e. The predicted octanol–water partition coefficient (Wildman–Crippen LogP) is 4.65. The predicted molar refractivity (Wildman–Crippen MR) is 123 cm³/mol. The molecule has 3 aromatic carbocycles. The Bertz CT molecular complexity index is 1360. The molecular weight excluding hydrogens is 404 g/mol. The Labute approximate surface area is 184 Å². The maximum atomic E-state index is 12.8. The van der Waals surface area contributed by atoms with Crippen LogP contribution in [0.5, 0.6) is 0 Å². The number of aryl methyl sites for hydroxylation is 1. The summed E-state index contributed by atoms with van der Waals surface area (Å²) < 4.78 is 0. The summed E-state index contributed by atoms with van der Waals surface area (Å²) in [5.41, 5.74) is 4.57. The molecular formula is C25H20N4O3. The summed E-state index contributed by atoms with van der Waals surface area (Å²) in [7, 11) is 0. The van der Waals surface area contributed by atoms with Crippen LogP contribution in [0.4, 0.5) is 11.4 Å². The van der Waals surface area contributed by atoms with Crippen molar-refractivity contribution in [3.63, 3.8) is 0 Å². The average Bonchev–Trinajstić information content (AvgIpc) is 2.81. The molecule has 0 bridgehead atoms. The van der Waals surface area contributed by atoms with Crippen LogP contribution < -0.4 is 10.6 Å². The van der Waals surface area contributed by atoms with Gasteiger partial charge in [0, 0.05) is 40.5 Å². The first-order chi connectivity index (χ1) is 15.4. The van der Waals surface area contributed by atoms with E-state index in [1.54, 1.807) is 67.0 Å². The molecule has 4 aromatic rings. The number of amides is 2. The van der Waals surface area contributed by atoms with Crippen LogP contribution in [0.15, 0.2) is 73.1 Å². The number of Topliss-reactive ketones (excluding diaryl/α,β-unsaturated/α-hetero) is 1. The second-order valence-electron chi connectivity index (χ2n) is 7.33. The number of hydrogen-bond acceptors (Lipinski definition) is 5. The van der Waals surface area contributed by atoms with Gasteiger partial charge in [-0.2, -0.15) is 0 Å². The Kier molecular flexibility index (Phi) is 5.72. The molecule has 0 saturated heterocycles. The van der Waals surface area contributed by atoms with Gasteiger partial charge in [0.1, 0.15) is 0 Å². The second-order valence-corrected chi connectivity index (χ2v) is 7.33. The van der Waals surface area contributed by atoms with Crippen molar-refractivity contribution in [1.29, 1.82) is 0 Å². The first-order valence-electron chi connectivity index (χ1n) is 9.96. The van der Waals surface area contributed by atoms with Crippen LogP contribution >= 0.6 is 0 Å². The summed E-state index contributed by atoms with van der Waals surface area (Å²) in [5.74, 6) is -0.750. The molecule has 7 nitrogen and oxygen atoms in total. The van der Waals surface area contributed by atoms with E-state index in [0.29, 0.717) is 39.1 Å². The lowest BCUT2D eigenvalue weighted by molar-refractivity contribution is 0.101. The third-order valence-electron chi connectivity index (χ3n) is 5.01. The number of fused-ring (bicyclic) bond motifs is 1. The molecule has 1 heterocycles. The fraction of sp³-hybridized carbons (Fsp3) is 0.0800. The number of anilines is 2. The quantitative estimate of drug-likeness (QED) is 0.454. The van der Waals surface area contributed by atoms with Crippen molar-refractivity contribution in [2.24, 2.45) is 0 Å². The summed E-state index contributed by atoms with van der Waals surface area (Å²) in [5, 5.41) is 5.69. The molecule has 2 N–H and O–H groups in total. The molecule has 0 fully saturated rings. The molecule has 1 aromatic heterocycles. The van der Waals surface area contributed by atoms with Crippen LogP contribution in [0.2, 0.25) is 0 Å². The SMILES string of the molecule is CC(=O)c1cccc(C(=O)Nc2ccc(C)c(NC(=O)c3ccc4nccnc4c3)c2)c1. The number of rotatable bonds is 5. The van der Waals surface area contributed by atoms with Gasteiger partial charge < -0.3 is 10.6 Å². The van der Waals surface area contributed by atoms with E-state index in [4.69, 9.17) is 0 Å². The lowest BCUT2D eigenvalue weighted by Crippen LogP contribution is -2.15. The van der Waals surface area contributed by atoms with Gasteiger partial charge in [-0.25, -0.2) is 0 Å². The van der Waals surface area contributed by atoms with Gasteiger partial charge in [0.2, 0.25) is 0 Å². The normalized spacial score (nSPS) is 10.6. The van der Waals surface area contributed by atoms with E-state index in [1.807, 2.05) is 13.0 Å². The lowest BCUT2D eigenvalue weighted by atomic mass is 10.1. The van der Waals surface area contributed by atoms with Crippen molar-refractivity contribution in [2.75, 3.05) is 10.6 Å². The van der Waals surface area contributed by atoms with Crippen molar-refractivity contribution >= 4 is 40.0 Å². The Balaban J connectivity index is 1.53. The largest absolute Gasteiger partial charge is 0.322 e. The first-order valence-corrected chi connectivity index (χ1v) is 9.96. The van der Waals surface area contributed by atoms with Gasteiger partial charge in [-0.1, -0.05) is 18.2 Å². The zero-order chi connectivity index (χ0) is 22.7. The standard InChI is InChI=1S/C25H20N4O3/c1-15-6-8-20(28-24(31)18-5-3-4-17(12-18)16(2)30)14-22(15)29-25(32)19-7-9-21-23(13-19)27-11-10-26-21/h3-14H,1-2H3,(H,28,31)(H,29,32). The molecule has 158 valence electrons. The van der Waals surface area contributed by atoms with Crippen molar-refractivity contribution in [2.45, 2.75) is 13.8 Å². The van der Waals surface area contributed by atoms with Crippen molar-refractivity contribution in [1.82, 2.24) is 9.97 Å². The summed E-state index contributed by atoms with van der Waals surface area (Å²) in [6.07, 6.45) is 3.17. The summed E-state index contributed by atoms with van der Waals surface area (Å²) in [6, 6.07) is 16.9. The Hall–Kier alpha value is -4.39. The van der Waals surface area contributed by atoms with Gasteiger partial charge in [0.05, 0.1) is 11.0 Å². The highest BCUT2D eigenvalue weighted by Crippen LogP contribution is 2.22. The highest BCUT2D eigenvalue weighted by Gasteiger charge is 2.12. The van der Waals surface area contributed by atoms with E-state index in [9.17, 15) is 14.4 Å². The number of ketones is 1. The molecule has 0 atom stereocenters. The van der Waals surface area contributed by atoms with E-state index < -0.39 is 0 Å². The highest BCUT2D eigenvalue weighted by molar-refractivity contribution is 6.08. The van der Waals surface area contributed by atoms with Crippen LogP contribution in [-0.4, -0.2) is 27.6 Å². The van der Waals surface area contributed by atoms with Crippen LogP contribution in [0.1, 0.15) is 43.6 Å². The summed E-state index contributed by atoms with van der Waals surface area (Å²) in [6.45, 7) is 3.32. The van der Waals surface area contributed by atoms with E-state index >= 15 is 0 Å². The average molecular weight is 424 g/mol. The number of hydrogen-bond donors (Lipinski definition) is 2. The topological polar surface area (TPSA) is 101 Å². The van der Waals surface area contributed by atoms with Crippen LogP contribution in [0, 0.1) is 6.92 Å². The molecule has 0 unspecified atom stereocenters. The zero-order valence-electron chi connectivity index (χ0n) is 17.5. The van der Waals surface area contributed by atoms with Gasteiger partial charge >= 0.3 is 0 Å².